The smallest absolute Gasteiger partial charge is 0.151 e. The van der Waals surface area contributed by atoms with E-state index in [0.717, 1.165) is 3.57 Å². The predicted molar refractivity (Wildman–Crippen MR) is 67.6 cm³/mol. The summed E-state index contributed by atoms with van der Waals surface area (Å²) < 4.78 is 23.3. The van der Waals surface area contributed by atoms with Crippen LogP contribution < -0.4 is 5.32 Å². The summed E-state index contributed by atoms with van der Waals surface area (Å²) >= 11 is 2.09. The van der Waals surface area contributed by atoms with Crippen LogP contribution in [0.5, 0.6) is 0 Å². The van der Waals surface area contributed by atoms with Crippen LogP contribution in [0.25, 0.3) is 0 Å². The van der Waals surface area contributed by atoms with Gasteiger partial charge < -0.3 is 5.32 Å². The molecule has 0 aliphatic rings. The zero-order valence-corrected chi connectivity index (χ0v) is 11.2. The highest BCUT2D eigenvalue weighted by molar-refractivity contribution is 14.1. The van der Waals surface area contributed by atoms with Gasteiger partial charge in [-0.05, 0) is 22.6 Å². The second kappa shape index (κ2) is 5.59. The maximum absolute atomic E-state index is 11.2. The van der Waals surface area contributed by atoms with Gasteiger partial charge in [-0.1, -0.05) is 6.92 Å². The molecule has 0 unspecified atom stereocenters. The van der Waals surface area contributed by atoms with Crippen molar-refractivity contribution < 1.29 is 8.42 Å². The minimum Gasteiger partial charge on any atom is -0.368 e. The van der Waals surface area contributed by atoms with Crippen LogP contribution in [-0.4, -0.2) is 36.4 Å². The van der Waals surface area contributed by atoms with Crippen molar-refractivity contribution in [3.05, 3.63) is 16.1 Å². The van der Waals surface area contributed by atoms with Crippen molar-refractivity contribution >= 4 is 38.2 Å². The summed E-state index contributed by atoms with van der Waals surface area (Å²) in [7, 11) is -2.91. The van der Waals surface area contributed by atoms with Crippen LogP contribution in [0, 0.1) is 3.57 Å². The third kappa shape index (κ3) is 4.29. The Kier molecular flexibility index (Phi) is 4.71. The first-order chi connectivity index (χ1) is 7.05. The molecule has 0 radical (unpaired) electrons. The molecule has 0 aromatic carbocycles. The van der Waals surface area contributed by atoms with Crippen molar-refractivity contribution in [1.29, 1.82) is 0 Å². The third-order valence-corrected chi connectivity index (χ3v) is 4.31. The van der Waals surface area contributed by atoms with Crippen molar-refractivity contribution in [3.63, 3.8) is 0 Å². The Morgan fingerprint density at radius 2 is 2.27 bits per heavy atom. The first kappa shape index (κ1) is 12.6. The van der Waals surface area contributed by atoms with E-state index < -0.39 is 9.84 Å². The highest BCUT2D eigenvalue weighted by Gasteiger charge is 2.07. The number of hydrogen-bond donors (Lipinski definition) is 1. The maximum Gasteiger partial charge on any atom is 0.151 e. The Bertz CT molecular complexity index is 422. The lowest BCUT2D eigenvalue weighted by Gasteiger charge is -2.06. The molecule has 0 saturated heterocycles. The Labute approximate surface area is 103 Å². The summed E-state index contributed by atoms with van der Waals surface area (Å²) in [5, 5.41) is 2.97. The highest BCUT2D eigenvalue weighted by atomic mass is 127. The van der Waals surface area contributed by atoms with Gasteiger partial charge in [-0.15, -0.1) is 0 Å². The summed E-state index contributed by atoms with van der Waals surface area (Å²) in [4.78, 5) is 7.84. The Balaban J connectivity index is 2.49. The van der Waals surface area contributed by atoms with Crippen LogP contribution in [0.2, 0.25) is 0 Å². The van der Waals surface area contributed by atoms with Gasteiger partial charge in [-0.3, -0.25) is 0 Å². The fourth-order valence-electron chi connectivity index (χ4n) is 0.912. The van der Waals surface area contributed by atoms with Crippen LogP contribution in [-0.2, 0) is 9.84 Å². The molecule has 0 fully saturated rings. The van der Waals surface area contributed by atoms with Crippen molar-refractivity contribution in [1.82, 2.24) is 9.97 Å². The van der Waals surface area contributed by atoms with Gasteiger partial charge in [0.1, 0.15) is 12.1 Å². The molecule has 1 rings (SSSR count). The molecule has 84 valence electrons. The Morgan fingerprint density at radius 1 is 1.53 bits per heavy atom. The molecule has 0 bridgehead atoms. The average molecular weight is 341 g/mol. The number of sulfone groups is 1. The van der Waals surface area contributed by atoms with Crippen LogP contribution in [0.4, 0.5) is 5.82 Å². The van der Waals surface area contributed by atoms with Gasteiger partial charge >= 0.3 is 0 Å². The van der Waals surface area contributed by atoms with Crippen molar-refractivity contribution in [3.8, 4) is 0 Å². The lowest BCUT2D eigenvalue weighted by molar-refractivity contribution is 0.597. The van der Waals surface area contributed by atoms with Crippen molar-refractivity contribution in [2.24, 2.45) is 0 Å². The number of nitrogens with one attached hydrogen (secondary N) is 1. The molecule has 1 aromatic rings. The van der Waals surface area contributed by atoms with E-state index in [-0.39, 0.29) is 11.5 Å². The second-order valence-electron chi connectivity index (χ2n) is 2.88. The van der Waals surface area contributed by atoms with Gasteiger partial charge in [0.05, 0.1) is 9.32 Å². The third-order valence-electron chi connectivity index (χ3n) is 1.81. The first-order valence-corrected chi connectivity index (χ1v) is 7.35. The van der Waals surface area contributed by atoms with Crippen molar-refractivity contribution in [2.75, 3.05) is 23.4 Å². The zero-order chi connectivity index (χ0) is 11.3. The number of hydrogen-bond acceptors (Lipinski definition) is 5. The first-order valence-electron chi connectivity index (χ1n) is 4.45. The zero-order valence-electron chi connectivity index (χ0n) is 8.27. The van der Waals surface area contributed by atoms with Crippen LogP contribution >= 0.6 is 22.6 Å². The predicted octanol–water partition coefficient (Wildman–Crippen LogP) is 0.928. The number of nitrogens with zero attached hydrogens (tertiary/aromatic N) is 2. The molecule has 1 N–H and O–H groups in total. The number of rotatable bonds is 5. The molecule has 1 aromatic heterocycles. The summed E-state index contributed by atoms with van der Waals surface area (Å²) in [6, 6.07) is 0. The average Bonchev–Trinajstić information content (AvgIpc) is 2.21. The Morgan fingerprint density at radius 3 is 2.87 bits per heavy atom. The van der Waals surface area contributed by atoms with Gasteiger partial charge in [0.25, 0.3) is 0 Å². The van der Waals surface area contributed by atoms with Crippen LogP contribution in [0.3, 0.4) is 0 Å². The van der Waals surface area contributed by atoms with Gasteiger partial charge in [0.15, 0.2) is 9.84 Å². The van der Waals surface area contributed by atoms with E-state index in [2.05, 4.69) is 37.9 Å². The minimum absolute atomic E-state index is 0.129. The fraction of sp³-hybridized carbons (Fsp3) is 0.500. The quantitative estimate of drug-likeness (QED) is 0.807. The van der Waals surface area contributed by atoms with Gasteiger partial charge in [0, 0.05) is 18.5 Å². The SMILES string of the molecule is CCS(=O)(=O)CCNc1ncncc1I. The molecule has 7 heteroatoms. The molecular weight excluding hydrogens is 329 g/mol. The lowest BCUT2D eigenvalue weighted by Crippen LogP contribution is -2.18. The van der Waals surface area contributed by atoms with Gasteiger partial charge in [-0.2, -0.15) is 0 Å². The summed E-state index contributed by atoms with van der Waals surface area (Å²) in [6.07, 6.45) is 3.10. The van der Waals surface area contributed by atoms with E-state index in [0.29, 0.717) is 12.4 Å². The molecule has 0 spiro atoms. The molecule has 0 aliphatic carbocycles. The topological polar surface area (TPSA) is 72.0 Å². The molecule has 0 amide bonds. The summed E-state index contributed by atoms with van der Waals surface area (Å²) in [5.41, 5.74) is 0. The van der Waals surface area contributed by atoms with Crippen LogP contribution in [0.1, 0.15) is 6.92 Å². The second-order valence-corrected chi connectivity index (χ2v) is 6.52. The van der Waals surface area contributed by atoms with E-state index in [1.54, 1.807) is 13.1 Å². The normalized spacial score (nSPS) is 11.3. The monoisotopic (exact) mass is 341 g/mol. The van der Waals surface area contributed by atoms with E-state index in [1.807, 2.05) is 0 Å². The van der Waals surface area contributed by atoms with E-state index in [9.17, 15) is 8.42 Å². The molecule has 15 heavy (non-hydrogen) atoms. The van der Waals surface area contributed by atoms with Crippen molar-refractivity contribution in [2.45, 2.75) is 6.92 Å². The minimum atomic E-state index is -2.91. The molecule has 0 atom stereocenters. The molecule has 0 aliphatic heterocycles. The molecule has 5 nitrogen and oxygen atoms in total. The van der Waals surface area contributed by atoms with Gasteiger partial charge in [-0.25, -0.2) is 18.4 Å². The van der Waals surface area contributed by atoms with E-state index in [4.69, 9.17) is 0 Å². The number of anilines is 1. The summed E-state index contributed by atoms with van der Waals surface area (Å²) in [6.45, 7) is 2.02. The lowest BCUT2D eigenvalue weighted by atomic mass is 10.5. The van der Waals surface area contributed by atoms with Crippen LogP contribution in [0.15, 0.2) is 12.5 Å². The molecule has 0 saturated carbocycles. The number of aromatic nitrogens is 2. The standard InChI is InChI=1S/C8H12IN3O2S/c1-2-15(13,14)4-3-11-8-7(9)5-10-6-12-8/h5-6H,2-4H2,1H3,(H,10,11,12). The maximum atomic E-state index is 11.2. The van der Waals surface area contributed by atoms with Gasteiger partial charge in [0.2, 0.25) is 0 Å². The fourth-order valence-corrected chi connectivity index (χ4v) is 2.10. The largest absolute Gasteiger partial charge is 0.368 e. The van der Waals surface area contributed by atoms with E-state index >= 15 is 0 Å². The Hall–Kier alpha value is -0.440. The molecular formula is C8H12IN3O2S. The highest BCUT2D eigenvalue weighted by Crippen LogP contribution is 2.11. The number of halogens is 1. The van der Waals surface area contributed by atoms with E-state index in [1.165, 1.54) is 6.33 Å². The molecule has 1 heterocycles. The summed E-state index contributed by atoms with van der Waals surface area (Å²) in [5.74, 6) is 0.982.